The molecule has 0 aromatic rings. The number of nitriles is 1. The molecule has 1 aliphatic heterocycles. The molecule has 0 amide bonds. The van der Waals surface area contributed by atoms with Crippen LogP contribution in [0.5, 0.6) is 0 Å². The number of carbonyl (C=O) groups is 1. The number of nitrogens with one attached hydrogen (secondary N) is 1. The number of rotatable bonds is 2. The zero-order valence-electron chi connectivity index (χ0n) is 6.88. The predicted molar refractivity (Wildman–Crippen MR) is 42.2 cm³/mol. The maximum atomic E-state index is 11.1. The van der Waals surface area contributed by atoms with Crippen molar-refractivity contribution in [1.29, 1.82) is 5.26 Å². The van der Waals surface area contributed by atoms with E-state index in [0.29, 0.717) is 0 Å². The Morgan fingerprint density at radius 3 is 3.08 bits per heavy atom. The molecule has 1 fully saturated rings. The summed E-state index contributed by atoms with van der Waals surface area (Å²) in [5.74, 6) is -0.295. The molecule has 66 valence electrons. The Kier molecular flexibility index (Phi) is 3.55. The van der Waals surface area contributed by atoms with Gasteiger partial charge in [-0.25, -0.2) is 0 Å². The van der Waals surface area contributed by atoms with E-state index in [1.165, 1.54) is 0 Å². The van der Waals surface area contributed by atoms with E-state index in [1.54, 1.807) is 6.07 Å². The number of nitrogens with zero attached hydrogens (tertiary/aromatic N) is 1. The zero-order chi connectivity index (χ0) is 8.81. The lowest BCUT2D eigenvalue weighted by atomic mass is 10.1. The fraction of sp³-hybridized carbons (Fsp3) is 0.750. The molecular formula is C8H12N2O2. The summed E-state index contributed by atoms with van der Waals surface area (Å²) in [6.45, 7) is 0.726. The number of carbonyl (C=O) groups excluding carboxylic acids is 1. The van der Waals surface area contributed by atoms with Gasteiger partial charge < -0.3 is 10.1 Å². The van der Waals surface area contributed by atoms with Crippen LogP contribution in [0, 0.1) is 11.3 Å². The van der Waals surface area contributed by atoms with Gasteiger partial charge in [0.2, 0.25) is 0 Å². The van der Waals surface area contributed by atoms with E-state index in [1.807, 2.05) is 0 Å². The van der Waals surface area contributed by atoms with Gasteiger partial charge >= 0.3 is 5.97 Å². The van der Waals surface area contributed by atoms with E-state index in [0.717, 1.165) is 25.8 Å². The maximum Gasteiger partial charge on any atom is 0.324 e. The van der Waals surface area contributed by atoms with Crippen molar-refractivity contribution >= 4 is 5.97 Å². The van der Waals surface area contributed by atoms with Crippen molar-refractivity contribution in [3.8, 4) is 6.07 Å². The van der Waals surface area contributed by atoms with Crippen molar-refractivity contribution in [3.05, 3.63) is 0 Å². The third-order valence-electron chi connectivity index (χ3n) is 1.87. The minimum Gasteiger partial charge on any atom is -0.449 e. The zero-order valence-corrected chi connectivity index (χ0v) is 6.88. The van der Waals surface area contributed by atoms with Gasteiger partial charge in [-0.1, -0.05) is 6.42 Å². The summed E-state index contributed by atoms with van der Waals surface area (Å²) in [5, 5.41) is 11.2. The van der Waals surface area contributed by atoms with Crippen molar-refractivity contribution in [1.82, 2.24) is 5.32 Å². The summed E-state index contributed by atoms with van der Waals surface area (Å²) >= 11 is 0. The number of piperidine rings is 1. The SMILES string of the molecule is N#CCOC(=O)C1CCCCN1. The molecule has 1 saturated heterocycles. The molecule has 1 rings (SSSR count). The molecule has 0 aliphatic carbocycles. The van der Waals surface area contributed by atoms with Crippen LogP contribution in [0.3, 0.4) is 0 Å². The van der Waals surface area contributed by atoms with Crippen LogP contribution < -0.4 is 5.32 Å². The molecule has 0 aromatic heterocycles. The molecule has 1 aliphatic rings. The van der Waals surface area contributed by atoms with Gasteiger partial charge in [-0.05, 0) is 19.4 Å². The topological polar surface area (TPSA) is 62.1 Å². The molecule has 0 spiro atoms. The molecule has 0 bridgehead atoms. The molecule has 1 N–H and O–H groups in total. The van der Waals surface area contributed by atoms with Gasteiger partial charge in [0, 0.05) is 0 Å². The summed E-state index contributed by atoms with van der Waals surface area (Å²) < 4.78 is 4.67. The third-order valence-corrected chi connectivity index (χ3v) is 1.87. The highest BCUT2D eigenvalue weighted by atomic mass is 16.5. The van der Waals surface area contributed by atoms with E-state index in [2.05, 4.69) is 10.1 Å². The Balaban J connectivity index is 2.26. The first-order chi connectivity index (χ1) is 5.84. The molecule has 12 heavy (non-hydrogen) atoms. The maximum absolute atomic E-state index is 11.1. The second-order valence-electron chi connectivity index (χ2n) is 2.77. The summed E-state index contributed by atoms with van der Waals surface area (Å²) in [6.07, 6.45) is 2.99. The average Bonchev–Trinajstić information content (AvgIpc) is 2.15. The first kappa shape index (κ1) is 9.01. The van der Waals surface area contributed by atoms with Gasteiger partial charge in [0.05, 0.1) is 0 Å². The van der Waals surface area contributed by atoms with Crippen LogP contribution >= 0.6 is 0 Å². The van der Waals surface area contributed by atoms with Gasteiger partial charge in [-0.2, -0.15) is 5.26 Å². The minimum absolute atomic E-state index is 0.142. The standard InChI is InChI=1S/C8H12N2O2/c9-4-6-12-8(11)7-3-1-2-5-10-7/h7,10H,1-3,5-6H2. The van der Waals surface area contributed by atoms with Gasteiger partial charge in [0.15, 0.2) is 6.61 Å². The Morgan fingerprint density at radius 2 is 2.50 bits per heavy atom. The first-order valence-electron chi connectivity index (χ1n) is 4.11. The van der Waals surface area contributed by atoms with Crippen molar-refractivity contribution in [3.63, 3.8) is 0 Å². The van der Waals surface area contributed by atoms with Gasteiger partial charge in [0.25, 0.3) is 0 Å². The number of hydrogen-bond acceptors (Lipinski definition) is 4. The minimum atomic E-state index is -0.295. The highest BCUT2D eigenvalue weighted by Gasteiger charge is 2.21. The summed E-state index contributed by atoms with van der Waals surface area (Å²) in [7, 11) is 0. The van der Waals surface area contributed by atoms with Crippen LogP contribution in [-0.2, 0) is 9.53 Å². The Labute approximate surface area is 71.5 Å². The largest absolute Gasteiger partial charge is 0.449 e. The molecule has 4 heteroatoms. The molecule has 0 saturated carbocycles. The van der Waals surface area contributed by atoms with E-state index in [9.17, 15) is 4.79 Å². The van der Waals surface area contributed by atoms with E-state index >= 15 is 0 Å². The summed E-state index contributed by atoms with van der Waals surface area (Å²) in [5.41, 5.74) is 0. The summed E-state index contributed by atoms with van der Waals surface area (Å²) in [4.78, 5) is 11.1. The van der Waals surface area contributed by atoms with Crippen molar-refractivity contribution in [2.45, 2.75) is 25.3 Å². The number of hydrogen-bond donors (Lipinski definition) is 1. The van der Waals surface area contributed by atoms with Crippen molar-refractivity contribution in [2.75, 3.05) is 13.2 Å². The Hall–Kier alpha value is -1.08. The van der Waals surface area contributed by atoms with Crippen molar-refractivity contribution in [2.24, 2.45) is 0 Å². The van der Waals surface area contributed by atoms with E-state index in [-0.39, 0.29) is 18.6 Å². The Morgan fingerprint density at radius 1 is 1.67 bits per heavy atom. The van der Waals surface area contributed by atoms with Gasteiger partial charge in [-0.15, -0.1) is 0 Å². The number of esters is 1. The first-order valence-corrected chi connectivity index (χ1v) is 4.11. The molecule has 4 nitrogen and oxygen atoms in total. The highest BCUT2D eigenvalue weighted by Crippen LogP contribution is 2.07. The average molecular weight is 168 g/mol. The Bertz CT molecular complexity index is 192. The monoisotopic (exact) mass is 168 g/mol. The van der Waals surface area contributed by atoms with Crippen LogP contribution in [0.1, 0.15) is 19.3 Å². The smallest absolute Gasteiger partial charge is 0.324 e. The third kappa shape index (κ3) is 2.51. The fourth-order valence-electron chi connectivity index (χ4n) is 1.26. The normalized spacial score (nSPS) is 22.8. The van der Waals surface area contributed by atoms with Gasteiger partial charge in [0.1, 0.15) is 12.1 Å². The quantitative estimate of drug-likeness (QED) is 0.598. The van der Waals surface area contributed by atoms with Gasteiger partial charge in [-0.3, -0.25) is 4.79 Å². The molecule has 1 heterocycles. The van der Waals surface area contributed by atoms with Crippen LogP contribution in [0.4, 0.5) is 0 Å². The summed E-state index contributed by atoms with van der Waals surface area (Å²) in [6, 6.07) is 1.58. The number of ether oxygens (including phenoxy) is 1. The molecule has 0 aromatic carbocycles. The molecule has 1 atom stereocenters. The fourth-order valence-corrected chi connectivity index (χ4v) is 1.26. The second kappa shape index (κ2) is 4.73. The van der Waals surface area contributed by atoms with Crippen LogP contribution in [0.25, 0.3) is 0 Å². The van der Waals surface area contributed by atoms with Crippen LogP contribution in [0.15, 0.2) is 0 Å². The molecule has 1 unspecified atom stereocenters. The highest BCUT2D eigenvalue weighted by molar-refractivity contribution is 5.75. The van der Waals surface area contributed by atoms with Crippen LogP contribution in [0.2, 0.25) is 0 Å². The predicted octanol–water partition coefficient (Wildman–Crippen LogP) is 0.195. The van der Waals surface area contributed by atoms with Crippen LogP contribution in [-0.4, -0.2) is 25.2 Å². The van der Waals surface area contributed by atoms with E-state index in [4.69, 9.17) is 5.26 Å². The van der Waals surface area contributed by atoms with E-state index < -0.39 is 0 Å². The van der Waals surface area contributed by atoms with Crippen molar-refractivity contribution < 1.29 is 9.53 Å². The molecular weight excluding hydrogens is 156 g/mol. The lowest BCUT2D eigenvalue weighted by Crippen LogP contribution is -2.41. The molecule has 0 radical (unpaired) electrons. The lowest BCUT2D eigenvalue weighted by Gasteiger charge is -2.20. The lowest BCUT2D eigenvalue weighted by molar-refractivity contribution is -0.145. The second-order valence-corrected chi connectivity index (χ2v) is 2.77.